The fourth-order valence-corrected chi connectivity index (χ4v) is 3.07. The highest BCUT2D eigenvalue weighted by Crippen LogP contribution is 2.26. The lowest BCUT2D eigenvalue weighted by Gasteiger charge is -2.07. The maximum absolute atomic E-state index is 12.1. The van der Waals surface area contributed by atoms with Gasteiger partial charge < -0.3 is 5.32 Å². The summed E-state index contributed by atoms with van der Waals surface area (Å²) in [5.41, 5.74) is 1.21. The first kappa shape index (κ1) is 15.9. The van der Waals surface area contributed by atoms with Crippen LogP contribution in [0.1, 0.15) is 0 Å². The highest BCUT2D eigenvalue weighted by molar-refractivity contribution is 8.00. The molecule has 0 saturated heterocycles. The Kier molecular flexibility index (Phi) is 4.72. The van der Waals surface area contributed by atoms with Gasteiger partial charge in [-0.25, -0.2) is 0 Å². The molecular weight excluding hydrogens is 326 g/mol. The Bertz CT molecular complexity index is 909. The van der Waals surface area contributed by atoms with Crippen LogP contribution in [0.25, 0.3) is 10.9 Å². The second-order valence-electron chi connectivity index (χ2n) is 4.98. The Morgan fingerprint density at radius 2 is 1.96 bits per heavy atom. The molecule has 24 heavy (non-hydrogen) atoms. The normalized spacial score (nSPS) is 10.5. The largest absolute Gasteiger partial charge is 0.325 e. The number of nitro benzene ring substituents is 1. The summed E-state index contributed by atoms with van der Waals surface area (Å²) in [5.74, 6) is -0.0355. The van der Waals surface area contributed by atoms with E-state index >= 15 is 0 Å². The van der Waals surface area contributed by atoms with Crippen molar-refractivity contribution in [3.05, 3.63) is 70.9 Å². The topological polar surface area (TPSA) is 85.1 Å². The van der Waals surface area contributed by atoms with E-state index in [1.165, 1.54) is 30.0 Å². The van der Waals surface area contributed by atoms with Crippen LogP contribution in [0.15, 0.2) is 65.7 Å². The van der Waals surface area contributed by atoms with Gasteiger partial charge in [0.2, 0.25) is 5.91 Å². The van der Waals surface area contributed by atoms with Crippen molar-refractivity contribution in [3.63, 3.8) is 0 Å². The van der Waals surface area contributed by atoms with Crippen LogP contribution in [0.2, 0.25) is 0 Å². The average Bonchev–Trinajstić information content (AvgIpc) is 2.60. The number of nitrogens with one attached hydrogen (secondary N) is 1. The third-order valence-corrected chi connectivity index (χ3v) is 4.34. The second kappa shape index (κ2) is 7.10. The number of aromatic nitrogens is 1. The molecule has 1 aromatic heterocycles. The predicted octanol–water partition coefficient (Wildman–Crippen LogP) is 3.87. The van der Waals surface area contributed by atoms with Crippen LogP contribution < -0.4 is 5.32 Å². The van der Waals surface area contributed by atoms with E-state index < -0.39 is 4.92 Å². The Morgan fingerprint density at radius 1 is 1.17 bits per heavy atom. The van der Waals surface area contributed by atoms with E-state index in [0.717, 1.165) is 15.8 Å². The van der Waals surface area contributed by atoms with Gasteiger partial charge in [0.05, 0.1) is 16.2 Å². The van der Waals surface area contributed by atoms with Crippen molar-refractivity contribution in [2.24, 2.45) is 0 Å². The van der Waals surface area contributed by atoms with E-state index in [1.807, 2.05) is 30.3 Å². The van der Waals surface area contributed by atoms with Crippen molar-refractivity contribution in [2.75, 3.05) is 11.1 Å². The number of benzene rings is 2. The number of nitrogens with zero attached hydrogens (tertiary/aromatic N) is 2. The SMILES string of the molecule is O=C(CSc1cccc2cccnc12)Nc1cccc([N+](=O)[O-])c1. The summed E-state index contributed by atoms with van der Waals surface area (Å²) in [6, 6.07) is 15.5. The fraction of sp³-hybridized carbons (Fsp3) is 0.0588. The molecule has 2 aromatic carbocycles. The molecule has 7 heteroatoms. The molecule has 0 aliphatic carbocycles. The Balaban J connectivity index is 1.67. The van der Waals surface area contributed by atoms with Crippen molar-refractivity contribution >= 4 is 39.9 Å². The molecule has 6 nitrogen and oxygen atoms in total. The van der Waals surface area contributed by atoms with Gasteiger partial charge in [-0.05, 0) is 18.2 Å². The number of fused-ring (bicyclic) bond motifs is 1. The van der Waals surface area contributed by atoms with E-state index in [0.29, 0.717) is 5.69 Å². The number of nitro groups is 1. The molecule has 1 amide bonds. The maximum atomic E-state index is 12.1. The summed E-state index contributed by atoms with van der Waals surface area (Å²) in [4.78, 5) is 27.6. The second-order valence-corrected chi connectivity index (χ2v) is 5.99. The number of rotatable bonds is 5. The smallest absolute Gasteiger partial charge is 0.271 e. The molecule has 1 N–H and O–H groups in total. The number of carbonyl (C=O) groups is 1. The number of pyridine rings is 1. The fourth-order valence-electron chi connectivity index (χ4n) is 2.23. The van der Waals surface area contributed by atoms with Crippen molar-refractivity contribution < 1.29 is 9.72 Å². The molecular formula is C17H13N3O3S. The number of amides is 1. The van der Waals surface area contributed by atoms with Crippen molar-refractivity contribution in [2.45, 2.75) is 4.90 Å². The minimum absolute atomic E-state index is 0.0568. The van der Waals surface area contributed by atoms with E-state index in [9.17, 15) is 14.9 Å². The summed E-state index contributed by atoms with van der Waals surface area (Å²) in [7, 11) is 0. The Labute approximate surface area is 142 Å². The van der Waals surface area contributed by atoms with Crippen LogP contribution in [-0.4, -0.2) is 21.6 Å². The number of thioether (sulfide) groups is 1. The zero-order valence-corrected chi connectivity index (χ0v) is 13.3. The summed E-state index contributed by atoms with van der Waals surface area (Å²) in [6.45, 7) is 0. The highest BCUT2D eigenvalue weighted by atomic mass is 32.2. The van der Waals surface area contributed by atoms with Crippen LogP contribution in [0.4, 0.5) is 11.4 Å². The number of carbonyl (C=O) groups excluding carboxylic acids is 1. The third-order valence-electron chi connectivity index (χ3n) is 3.30. The van der Waals surface area contributed by atoms with E-state index in [4.69, 9.17) is 0 Å². The number of para-hydroxylation sites is 1. The van der Waals surface area contributed by atoms with Gasteiger partial charge in [0.15, 0.2) is 0 Å². The van der Waals surface area contributed by atoms with Gasteiger partial charge in [-0.2, -0.15) is 0 Å². The summed E-state index contributed by atoms with van der Waals surface area (Å²) in [6.07, 6.45) is 1.72. The Morgan fingerprint density at radius 3 is 2.79 bits per heavy atom. The van der Waals surface area contributed by atoms with Gasteiger partial charge in [-0.3, -0.25) is 19.9 Å². The van der Waals surface area contributed by atoms with Crippen LogP contribution in [-0.2, 0) is 4.79 Å². The summed E-state index contributed by atoms with van der Waals surface area (Å²) in [5, 5.41) is 14.4. The minimum Gasteiger partial charge on any atom is -0.325 e. The predicted molar refractivity (Wildman–Crippen MR) is 94.2 cm³/mol. The molecule has 0 aliphatic heterocycles. The van der Waals surface area contributed by atoms with Gasteiger partial charge >= 0.3 is 0 Å². The van der Waals surface area contributed by atoms with E-state index in [-0.39, 0.29) is 17.3 Å². The lowest BCUT2D eigenvalue weighted by molar-refractivity contribution is -0.384. The summed E-state index contributed by atoms with van der Waals surface area (Å²) >= 11 is 1.38. The van der Waals surface area contributed by atoms with Gasteiger partial charge in [0, 0.05) is 34.3 Å². The van der Waals surface area contributed by atoms with Gasteiger partial charge in [-0.1, -0.05) is 24.3 Å². The molecule has 1 heterocycles. The molecule has 0 radical (unpaired) electrons. The molecule has 0 unspecified atom stereocenters. The molecule has 3 rings (SSSR count). The van der Waals surface area contributed by atoms with E-state index in [2.05, 4.69) is 10.3 Å². The number of hydrogen-bond donors (Lipinski definition) is 1. The third kappa shape index (κ3) is 3.69. The molecule has 0 saturated carbocycles. The van der Waals surface area contributed by atoms with E-state index in [1.54, 1.807) is 12.3 Å². The quantitative estimate of drug-likeness (QED) is 0.433. The average molecular weight is 339 g/mol. The number of hydrogen-bond acceptors (Lipinski definition) is 5. The van der Waals surface area contributed by atoms with Gasteiger partial charge in [0.1, 0.15) is 0 Å². The highest BCUT2D eigenvalue weighted by Gasteiger charge is 2.10. The molecule has 0 spiro atoms. The van der Waals surface area contributed by atoms with Crippen molar-refractivity contribution in [3.8, 4) is 0 Å². The van der Waals surface area contributed by atoms with Gasteiger partial charge in [-0.15, -0.1) is 11.8 Å². The zero-order chi connectivity index (χ0) is 16.9. The Hall–Kier alpha value is -2.93. The van der Waals surface area contributed by atoms with Crippen LogP contribution in [0.3, 0.4) is 0 Å². The lowest BCUT2D eigenvalue weighted by Crippen LogP contribution is -2.14. The number of anilines is 1. The molecule has 0 aliphatic rings. The first-order valence-corrected chi connectivity index (χ1v) is 8.13. The van der Waals surface area contributed by atoms with Crippen LogP contribution >= 0.6 is 11.8 Å². The van der Waals surface area contributed by atoms with Crippen LogP contribution in [0, 0.1) is 10.1 Å². The van der Waals surface area contributed by atoms with Gasteiger partial charge in [0.25, 0.3) is 5.69 Å². The lowest BCUT2D eigenvalue weighted by atomic mass is 10.2. The molecule has 3 aromatic rings. The van der Waals surface area contributed by atoms with Crippen molar-refractivity contribution in [1.82, 2.24) is 4.98 Å². The first-order chi connectivity index (χ1) is 11.6. The maximum Gasteiger partial charge on any atom is 0.271 e. The monoisotopic (exact) mass is 339 g/mol. The standard InChI is InChI=1S/C17H13N3O3S/c21-16(19-13-6-2-7-14(10-13)20(22)23)11-24-15-8-1-4-12-5-3-9-18-17(12)15/h1-10H,11H2,(H,19,21). The molecule has 120 valence electrons. The number of non-ortho nitro benzene ring substituents is 1. The summed E-state index contributed by atoms with van der Waals surface area (Å²) < 4.78 is 0. The van der Waals surface area contributed by atoms with Crippen LogP contribution in [0.5, 0.6) is 0 Å². The minimum atomic E-state index is -0.494. The molecule has 0 fully saturated rings. The molecule has 0 bridgehead atoms. The van der Waals surface area contributed by atoms with Crippen molar-refractivity contribution in [1.29, 1.82) is 0 Å². The zero-order valence-electron chi connectivity index (χ0n) is 12.5. The molecule has 0 atom stereocenters. The first-order valence-electron chi connectivity index (χ1n) is 7.14.